The summed E-state index contributed by atoms with van der Waals surface area (Å²) in [5.41, 5.74) is 18.8. The van der Waals surface area contributed by atoms with E-state index >= 15 is 0 Å². The van der Waals surface area contributed by atoms with Gasteiger partial charge in [0, 0.05) is 62.0 Å². The molecular formula is C59H46N4. The van der Waals surface area contributed by atoms with Crippen LogP contribution in [0.2, 0.25) is 0 Å². The summed E-state index contributed by atoms with van der Waals surface area (Å²) in [5.74, 6) is 0. The molecule has 0 amide bonds. The van der Waals surface area contributed by atoms with E-state index in [0.29, 0.717) is 0 Å². The van der Waals surface area contributed by atoms with Crippen molar-refractivity contribution in [1.29, 1.82) is 0 Å². The van der Waals surface area contributed by atoms with Gasteiger partial charge >= 0.3 is 0 Å². The highest BCUT2D eigenvalue weighted by Gasteiger charge is 2.38. The first-order valence-electron chi connectivity index (χ1n) is 21.6. The second kappa shape index (κ2) is 15.4. The quantitative estimate of drug-likeness (QED) is 0.152. The van der Waals surface area contributed by atoms with Gasteiger partial charge in [-0.05, 0) is 132 Å². The zero-order valence-electron chi connectivity index (χ0n) is 35.4. The lowest BCUT2D eigenvalue weighted by Gasteiger charge is -2.43. The second-order valence-corrected chi connectivity index (χ2v) is 16.7. The van der Waals surface area contributed by atoms with Crippen molar-refractivity contribution in [3.63, 3.8) is 0 Å². The molecule has 0 unspecified atom stereocenters. The maximum absolute atomic E-state index is 4.73. The minimum atomic E-state index is -0.273. The van der Waals surface area contributed by atoms with Crippen LogP contribution in [0.25, 0.3) is 5.57 Å². The minimum absolute atomic E-state index is 0.273. The zero-order chi connectivity index (χ0) is 42.5. The fourth-order valence-corrected chi connectivity index (χ4v) is 9.66. The van der Waals surface area contributed by atoms with Crippen molar-refractivity contribution in [2.24, 2.45) is 0 Å². The lowest BCUT2D eigenvalue weighted by Crippen LogP contribution is -2.31. The van der Waals surface area contributed by atoms with Gasteiger partial charge in [-0.2, -0.15) is 0 Å². The van der Waals surface area contributed by atoms with Crippen molar-refractivity contribution in [2.45, 2.75) is 19.3 Å². The number of fused-ring (bicyclic) bond motifs is 4. The van der Waals surface area contributed by atoms with E-state index in [-0.39, 0.29) is 5.41 Å². The Kier molecular flexibility index (Phi) is 9.28. The number of para-hydroxylation sites is 6. The highest BCUT2D eigenvalue weighted by Crippen LogP contribution is 2.55. The van der Waals surface area contributed by atoms with E-state index in [4.69, 9.17) is 6.58 Å². The van der Waals surface area contributed by atoms with Crippen LogP contribution in [0.5, 0.6) is 0 Å². The molecule has 0 saturated carbocycles. The average Bonchev–Trinajstić information content (AvgIpc) is 3.34. The molecule has 302 valence electrons. The smallest absolute Gasteiger partial charge is 0.0541 e. The molecule has 0 atom stereocenters. The van der Waals surface area contributed by atoms with Gasteiger partial charge in [-0.15, -0.1) is 0 Å². The molecule has 2 aliphatic rings. The van der Waals surface area contributed by atoms with Gasteiger partial charge in [-0.25, -0.2) is 0 Å². The Morgan fingerprint density at radius 2 is 0.746 bits per heavy atom. The van der Waals surface area contributed by atoms with E-state index in [9.17, 15) is 0 Å². The highest BCUT2D eigenvalue weighted by atomic mass is 15.2. The normalized spacial score (nSPS) is 13.3. The Labute approximate surface area is 370 Å². The first-order valence-corrected chi connectivity index (χ1v) is 21.6. The molecule has 0 radical (unpaired) electrons. The molecule has 0 N–H and O–H groups in total. The first kappa shape index (κ1) is 37.9. The number of hydrogen-bond donors (Lipinski definition) is 0. The fraction of sp³-hybridized carbons (Fsp3) is 0.0508. The molecule has 0 aliphatic carbocycles. The maximum atomic E-state index is 4.73. The third-order valence-electron chi connectivity index (χ3n) is 12.6. The van der Waals surface area contributed by atoms with Crippen molar-refractivity contribution < 1.29 is 0 Å². The molecule has 0 bridgehead atoms. The molecule has 2 aliphatic heterocycles. The molecule has 0 aromatic heterocycles. The Bertz CT molecular complexity index is 3040. The van der Waals surface area contributed by atoms with Gasteiger partial charge in [0.05, 0.1) is 22.7 Å². The second-order valence-electron chi connectivity index (χ2n) is 16.7. The van der Waals surface area contributed by atoms with E-state index in [1.165, 1.54) is 22.5 Å². The molecule has 4 nitrogen and oxygen atoms in total. The summed E-state index contributed by atoms with van der Waals surface area (Å²) in [6, 6.07) is 82.8. The van der Waals surface area contributed by atoms with Gasteiger partial charge < -0.3 is 19.6 Å². The average molecular weight is 811 g/mol. The van der Waals surface area contributed by atoms with Gasteiger partial charge in [-0.3, -0.25) is 0 Å². The van der Waals surface area contributed by atoms with Crippen LogP contribution in [0, 0.1) is 0 Å². The predicted octanol–water partition coefficient (Wildman–Crippen LogP) is 16.6. The highest BCUT2D eigenvalue weighted by molar-refractivity contribution is 6.02. The van der Waals surface area contributed by atoms with Gasteiger partial charge in [-0.1, -0.05) is 136 Å². The summed E-state index contributed by atoms with van der Waals surface area (Å²) in [4.78, 5) is 9.53. The van der Waals surface area contributed by atoms with E-state index in [1.807, 2.05) is 0 Å². The molecule has 0 spiro atoms. The Balaban J connectivity index is 1.05. The topological polar surface area (TPSA) is 13.0 Å². The molecule has 0 saturated heterocycles. The van der Waals surface area contributed by atoms with Crippen molar-refractivity contribution in [3.8, 4) is 0 Å². The van der Waals surface area contributed by atoms with Crippen LogP contribution in [0.1, 0.15) is 36.1 Å². The molecule has 4 heteroatoms. The summed E-state index contributed by atoms with van der Waals surface area (Å²) in [5, 5.41) is 0. The van der Waals surface area contributed by atoms with Crippen molar-refractivity contribution in [2.75, 3.05) is 19.6 Å². The van der Waals surface area contributed by atoms with Crippen molar-refractivity contribution >= 4 is 73.8 Å². The van der Waals surface area contributed by atoms with Crippen LogP contribution < -0.4 is 19.6 Å². The Hall–Kier alpha value is -8.08. The van der Waals surface area contributed by atoms with Gasteiger partial charge in [0.2, 0.25) is 0 Å². The van der Waals surface area contributed by atoms with Crippen LogP contribution in [0.15, 0.2) is 237 Å². The third-order valence-corrected chi connectivity index (χ3v) is 12.6. The first-order chi connectivity index (χ1) is 31.0. The van der Waals surface area contributed by atoms with Crippen molar-refractivity contribution in [1.82, 2.24) is 0 Å². The predicted molar refractivity (Wildman–Crippen MR) is 265 cm³/mol. The van der Waals surface area contributed by atoms with Crippen LogP contribution in [0.3, 0.4) is 0 Å². The molecule has 63 heavy (non-hydrogen) atoms. The fourth-order valence-electron chi connectivity index (χ4n) is 9.66. The van der Waals surface area contributed by atoms with E-state index in [0.717, 1.165) is 73.6 Å². The molecule has 9 aromatic carbocycles. The third kappa shape index (κ3) is 6.47. The molecule has 11 rings (SSSR count). The van der Waals surface area contributed by atoms with E-state index in [1.54, 1.807) is 0 Å². The minimum Gasteiger partial charge on any atom is -0.310 e. The molecule has 2 heterocycles. The summed E-state index contributed by atoms with van der Waals surface area (Å²) < 4.78 is 0. The monoisotopic (exact) mass is 810 g/mol. The summed E-state index contributed by atoms with van der Waals surface area (Å²) in [6.07, 6.45) is 0. The summed E-state index contributed by atoms with van der Waals surface area (Å²) in [6.45, 7) is 9.44. The number of rotatable bonds is 8. The number of anilines is 12. The molecular weight excluding hydrogens is 765 g/mol. The maximum Gasteiger partial charge on any atom is 0.0541 e. The van der Waals surface area contributed by atoms with Crippen LogP contribution in [-0.2, 0) is 5.41 Å². The van der Waals surface area contributed by atoms with E-state index in [2.05, 4.69) is 264 Å². The molecule has 9 aromatic rings. The lowest BCUT2D eigenvalue weighted by molar-refractivity contribution is 0.632. The number of nitrogens with zero attached hydrogens (tertiary/aromatic N) is 4. The number of hydrogen-bond acceptors (Lipinski definition) is 4. The largest absolute Gasteiger partial charge is 0.310 e. The lowest BCUT2D eigenvalue weighted by atomic mass is 9.73. The summed E-state index contributed by atoms with van der Waals surface area (Å²) in [7, 11) is 0. The number of benzene rings is 9. The van der Waals surface area contributed by atoms with Gasteiger partial charge in [0.15, 0.2) is 0 Å². The Morgan fingerprint density at radius 1 is 0.333 bits per heavy atom. The van der Waals surface area contributed by atoms with Crippen LogP contribution in [0.4, 0.5) is 68.2 Å². The van der Waals surface area contributed by atoms with Gasteiger partial charge in [0.25, 0.3) is 0 Å². The molecule has 0 fully saturated rings. The zero-order valence-corrected chi connectivity index (χ0v) is 35.4. The van der Waals surface area contributed by atoms with Crippen LogP contribution >= 0.6 is 0 Å². The summed E-state index contributed by atoms with van der Waals surface area (Å²) >= 11 is 0. The van der Waals surface area contributed by atoms with E-state index < -0.39 is 0 Å². The SMILES string of the molecule is C=C1c2ccccc2N(c2cccc(N3c4ccccc4C(C)(C)c4cc(N(c5ccccc5)c5ccccc5)ccc43)c2)c2ccc(N(c3ccccc3)c3ccccc3)cc21. The van der Waals surface area contributed by atoms with Gasteiger partial charge in [0.1, 0.15) is 0 Å². The Morgan fingerprint density at radius 3 is 1.30 bits per heavy atom. The van der Waals surface area contributed by atoms with Crippen LogP contribution in [-0.4, -0.2) is 0 Å². The standard InChI is InChI=1S/C59H46N4/c1-42-51-31-16-18-33-55(51)62(56-37-35-49(40-52(42)56)60(43-21-8-4-9-22-43)44-23-10-5-11-24-44)47-29-20-30-48(39-47)63-57-34-19-17-32-53(57)59(2,3)54-41-50(36-38-58(54)63)61(45-25-12-6-13-26-45)46-27-14-7-15-28-46/h4-41H,1H2,2-3H3. The van der Waals surface area contributed by atoms with Crippen molar-refractivity contribution in [3.05, 3.63) is 259 Å².